The van der Waals surface area contributed by atoms with E-state index in [9.17, 15) is 0 Å². The number of thioether (sulfide) groups is 1. The minimum atomic E-state index is 0.367. The fourth-order valence-corrected chi connectivity index (χ4v) is 2.82. The Kier molecular flexibility index (Phi) is 4.35. The smallest absolute Gasteiger partial charge is 0.0743 e. The maximum absolute atomic E-state index is 6.03. The van der Waals surface area contributed by atoms with Crippen LogP contribution in [0.15, 0.2) is 28.9 Å². The Labute approximate surface area is 120 Å². The molecule has 0 radical (unpaired) electrons. The van der Waals surface area contributed by atoms with Gasteiger partial charge in [0, 0.05) is 21.7 Å². The molecule has 1 atom stereocenters. The zero-order valence-corrected chi connectivity index (χ0v) is 12.8. The summed E-state index contributed by atoms with van der Waals surface area (Å²) in [5.74, 6) is 1.04. The van der Waals surface area contributed by atoms with Gasteiger partial charge in [-0.3, -0.25) is 4.98 Å². The van der Waals surface area contributed by atoms with Crippen LogP contribution >= 0.6 is 27.7 Å². The third kappa shape index (κ3) is 2.90. The highest BCUT2D eigenvalue weighted by Crippen LogP contribution is 2.30. The second kappa shape index (κ2) is 5.80. The largest absolute Gasteiger partial charge is 0.396 e. The number of rotatable bonds is 4. The summed E-state index contributed by atoms with van der Waals surface area (Å²) in [6.07, 6.45) is 3.81. The highest BCUT2D eigenvalue weighted by molar-refractivity contribution is 9.10. The van der Waals surface area contributed by atoms with Crippen molar-refractivity contribution in [1.29, 1.82) is 0 Å². The Bertz CT molecular complexity index is 554. The van der Waals surface area contributed by atoms with Crippen molar-refractivity contribution in [2.45, 2.75) is 13.0 Å². The monoisotopic (exact) mass is 325 g/mol. The molecule has 3 nitrogen and oxygen atoms in total. The summed E-state index contributed by atoms with van der Waals surface area (Å²) in [7, 11) is 0. The van der Waals surface area contributed by atoms with Crippen molar-refractivity contribution in [2.75, 3.05) is 23.1 Å². The standard InChI is InChI=1S/C13H16BrN3S/c1-8(7-18-2)17-13-10-5-9(14)3-4-12(10)16-6-11(13)15/h3-6,8H,7,15H2,1-2H3,(H,16,17). The number of nitrogens with one attached hydrogen (secondary N) is 1. The van der Waals surface area contributed by atoms with Gasteiger partial charge in [-0.2, -0.15) is 11.8 Å². The molecule has 1 aromatic carbocycles. The maximum atomic E-state index is 6.03. The minimum Gasteiger partial charge on any atom is -0.396 e. The molecule has 5 heteroatoms. The van der Waals surface area contributed by atoms with Gasteiger partial charge in [-0.25, -0.2) is 0 Å². The van der Waals surface area contributed by atoms with Crippen LogP contribution in [0.5, 0.6) is 0 Å². The molecule has 0 aliphatic rings. The van der Waals surface area contributed by atoms with Crippen molar-refractivity contribution >= 4 is 50.0 Å². The minimum absolute atomic E-state index is 0.367. The van der Waals surface area contributed by atoms with E-state index in [4.69, 9.17) is 5.73 Å². The molecule has 2 aromatic rings. The van der Waals surface area contributed by atoms with E-state index in [2.05, 4.69) is 39.4 Å². The zero-order valence-electron chi connectivity index (χ0n) is 10.4. The lowest BCUT2D eigenvalue weighted by atomic mass is 10.1. The molecule has 0 bridgehead atoms. The van der Waals surface area contributed by atoms with E-state index >= 15 is 0 Å². The second-order valence-electron chi connectivity index (χ2n) is 4.25. The summed E-state index contributed by atoms with van der Waals surface area (Å²) in [5, 5.41) is 4.53. The van der Waals surface area contributed by atoms with E-state index in [1.54, 1.807) is 6.20 Å². The number of halogens is 1. The van der Waals surface area contributed by atoms with Crippen molar-refractivity contribution in [3.8, 4) is 0 Å². The molecule has 0 fully saturated rings. The van der Waals surface area contributed by atoms with Gasteiger partial charge in [0.25, 0.3) is 0 Å². The van der Waals surface area contributed by atoms with Gasteiger partial charge in [-0.05, 0) is 31.4 Å². The lowest BCUT2D eigenvalue weighted by Crippen LogP contribution is -2.19. The van der Waals surface area contributed by atoms with E-state index in [-0.39, 0.29) is 0 Å². The van der Waals surface area contributed by atoms with Gasteiger partial charge >= 0.3 is 0 Å². The fraction of sp³-hybridized carbons (Fsp3) is 0.308. The van der Waals surface area contributed by atoms with Gasteiger partial charge in [-0.1, -0.05) is 15.9 Å². The van der Waals surface area contributed by atoms with Crippen molar-refractivity contribution in [3.63, 3.8) is 0 Å². The number of nitrogens with two attached hydrogens (primary N) is 1. The van der Waals surface area contributed by atoms with Gasteiger partial charge in [-0.15, -0.1) is 0 Å². The first-order chi connectivity index (χ1) is 8.61. The molecule has 1 aromatic heterocycles. The van der Waals surface area contributed by atoms with E-state index in [1.807, 2.05) is 30.0 Å². The number of nitrogen functional groups attached to an aromatic ring is 1. The number of nitrogens with zero attached hydrogens (tertiary/aromatic N) is 1. The Morgan fingerprint density at radius 2 is 2.28 bits per heavy atom. The second-order valence-corrected chi connectivity index (χ2v) is 6.08. The summed E-state index contributed by atoms with van der Waals surface area (Å²) >= 11 is 5.30. The lowest BCUT2D eigenvalue weighted by molar-refractivity contribution is 0.917. The number of aromatic nitrogens is 1. The van der Waals surface area contributed by atoms with Gasteiger partial charge < -0.3 is 11.1 Å². The number of benzene rings is 1. The average molecular weight is 326 g/mol. The molecule has 0 saturated heterocycles. The average Bonchev–Trinajstić information content (AvgIpc) is 2.33. The molecule has 1 heterocycles. The molecule has 0 saturated carbocycles. The topological polar surface area (TPSA) is 50.9 Å². The molecule has 1 unspecified atom stereocenters. The molecule has 2 rings (SSSR count). The van der Waals surface area contributed by atoms with E-state index in [0.29, 0.717) is 11.7 Å². The SMILES string of the molecule is CSCC(C)Nc1c(N)cnc2ccc(Br)cc12. The van der Waals surface area contributed by atoms with Crippen LogP contribution in [-0.4, -0.2) is 23.0 Å². The zero-order chi connectivity index (χ0) is 13.1. The first-order valence-electron chi connectivity index (χ1n) is 5.71. The predicted molar refractivity (Wildman–Crippen MR) is 85.3 cm³/mol. The summed E-state index contributed by atoms with van der Waals surface area (Å²) < 4.78 is 1.03. The van der Waals surface area contributed by atoms with Crippen molar-refractivity contribution in [3.05, 3.63) is 28.9 Å². The van der Waals surface area contributed by atoms with Crippen LogP contribution in [0.3, 0.4) is 0 Å². The molecule has 18 heavy (non-hydrogen) atoms. The molecule has 3 N–H and O–H groups in total. The molecular weight excluding hydrogens is 310 g/mol. The maximum Gasteiger partial charge on any atom is 0.0743 e. The van der Waals surface area contributed by atoms with Crippen LogP contribution in [0.25, 0.3) is 10.9 Å². The number of anilines is 2. The summed E-state index contributed by atoms with van der Waals surface area (Å²) in [6, 6.07) is 6.39. The third-order valence-electron chi connectivity index (χ3n) is 2.67. The van der Waals surface area contributed by atoms with Crippen LogP contribution < -0.4 is 11.1 Å². The molecule has 0 spiro atoms. The van der Waals surface area contributed by atoms with Gasteiger partial charge in [0.1, 0.15) is 0 Å². The fourth-order valence-electron chi connectivity index (χ4n) is 1.88. The van der Waals surface area contributed by atoms with Gasteiger partial charge in [0.15, 0.2) is 0 Å². The summed E-state index contributed by atoms with van der Waals surface area (Å²) in [5.41, 5.74) is 8.65. The molecule has 0 aliphatic carbocycles. The van der Waals surface area contributed by atoms with Gasteiger partial charge in [0.2, 0.25) is 0 Å². The van der Waals surface area contributed by atoms with Crippen LogP contribution in [0.4, 0.5) is 11.4 Å². The Balaban J connectivity index is 2.46. The Morgan fingerprint density at radius 3 is 3.00 bits per heavy atom. The first-order valence-corrected chi connectivity index (χ1v) is 7.89. The van der Waals surface area contributed by atoms with E-state index < -0.39 is 0 Å². The van der Waals surface area contributed by atoms with Crippen molar-refractivity contribution in [1.82, 2.24) is 4.98 Å². The van der Waals surface area contributed by atoms with E-state index in [1.165, 1.54) is 0 Å². The van der Waals surface area contributed by atoms with Crippen molar-refractivity contribution < 1.29 is 0 Å². The summed E-state index contributed by atoms with van der Waals surface area (Å²) in [4.78, 5) is 4.34. The molecule has 0 amide bonds. The molecular formula is C13H16BrN3S. The predicted octanol–water partition coefficient (Wildman–Crippen LogP) is 3.74. The number of hydrogen-bond acceptors (Lipinski definition) is 4. The normalized spacial score (nSPS) is 12.6. The molecule has 96 valence electrons. The number of fused-ring (bicyclic) bond motifs is 1. The van der Waals surface area contributed by atoms with Crippen molar-refractivity contribution in [2.24, 2.45) is 0 Å². The van der Waals surface area contributed by atoms with Gasteiger partial charge in [0.05, 0.1) is 23.1 Å². The Morgan fingerprint density at radius 1 is 1.50 bits per heavy atom. The third-order valence-corrected chi connectivity index (χ3v) is 3.99. The van der Waals surface area contributed by atoms with Crippen LogP contribution in [0.1, 0.15) is 6.92 Å². The van der Waals surface area contributed by atoms with E-state index in [0.717, 1.165) is 26.8 Å². The number of pyridine rings is 1. The quantitative estimate of drug-likeness (QED) is 0.899. The highest BCUT2D eigenvalue weighted by Gasteiger charge is 2.09. The molecule has 0 aliphatic heterocycles. The first kappa shape index (κ1) is 13.5. The Hall–Kier alpha value is -0.940. The highest BCUT2D eigenvalue weighted by atomic mass is 79.9. The lowest BCUT2D eigenvalue weighted by Gasteiger charge is -2.17. The van der Waals surface area contributed by atoms with Crippen LogP contribution in [0.2, 0.25) is 0 Å². The number of hydrogen-bond donors (Lipinski definition) is 2. The van der Waals surface area contributed by atoms with Crippen LogP contribution in [0, 0.1) is 0 Å². The van der Waals surface area contributed by atoms with Crippen LogP contribution in [-0.2, 0) is 0 Å². The summed E-state index contributed by atoms with van der Waals surface area (Å²) in [6.45, 7) is 2.15.